The van der Waals surface area contributed by atoms with E-state index in [4.69, 9.17) is 4.42 Å². The van der Waals surface area contributed by atoms with Crippen molar-refractivity contribution in [1.82, 2.24) is 5.32 Å². The molecule has 0 spiro atoms. The van der Waals surface area contributed by atoms with E-state index in [0.29, 0.717) is 5.41 Å². The van der Waals surface area contributed by atoms with Crippen LogP contribution in [0.25, 0.3) is 11.0 Å². The molecule has 1 N–H and O–H groups in total. The fourth-order valence-electron chi connectivity index (χ4n) is 2.23. The molecule has 0 saturated carbocycles. The van der Waals surface area contributed by atoms with E-state index >= 15 is 0 Å². The molecule has 2 aromatic rings. The zero-order chi connectivity index (χ0) is 14.0. The monoisotopic (exact) mass is 323 g/mol. The highest BCUT2D eigenvalue weighted by Gasteiger charge is 2.19. The molecule has 1 unspecified atom stereocenters. The highest BCUT2D eigenvalue weighted by atomic mass is 79.9. The predicted octanol–water partition coefficient (Wildman–Crippen LogP) is 5.28. The van der Waals surface area contributed by atoms with E-state index in [0.717, 1.165) is 34.0 Å². The van der Waals surface area contributed by atoms with Gasteiger partial charge in [0.15, 0.2) is 0 Å². The Morgan fingerprint density at radius 3 is 2.63 bits per heavy atom. The number of furan rings is 1. The molecule has 1 heterocycles. The lowest BCUT2D eigenvalue weighted by Gasteiger charge is -2.21. The fraction of sp³-hybridized carbons (Fsp3) is 0.500. The van der Waals surface area contributed by atoms with Crippen LogP contribution in [0.4, 0.5) is 0 Å². The smallest absolute Gasteiger partial charge is 0.148 e. The Bertz CT molecular complexity index is 553. The van der Waals surface area contributed by atoms with Crippen molar-refractivity contribution in [3.63, 3.8) is 0 Å². The Morgan fingerprint density at radius 1 is 1.32 bits per heavy atom. The second-order valence-corrected chi connectivity index (χ2v) is 7.10. The normalized spacial score (nSPS) is 13.9. The molecule has 1 aromatic heterocycles. The minimum atomic E-state index is 0.276. The van der Waals surface area contributed by atoms with Gasteiger partial charge in [-0.1, -0.05) is 32.9 Å². The topological polar surface area (TPSA) is 25.2 Å². The summed E-state index contributed by atoms with van der Waals surface area (Å²) in [5.41, 5.74) is 1.29. The molecule has 0 aliphatic carbocycles. The van der Waals surface area contributed by atoms with Crippen LogP contribution in [-0.4, -0.2) is 7.05 Å². The fourth-order valence-corrected chi connectivity index (χ4v) is 2.69. The summed E-state index contributed by atoms with van der Waals surface area (Å²) >= 11 is 3.54. The number of para-hydroxylation sites is 1. The SMILES string of the molecule is CNC(CCC(C)(C)C)c1cc2cccc(Br)c2o1. The number of benzene rings is 1. The summed E-state index contributed by atoms with van der Waals surface area (Å²) < 4.78 is 7.02. The van der Waals surface area contributed by atoms with Gasteiger partial charge in [0.25, 0.3) is 0 Å². The molecule has 1 atom stereocenters. The van der Waals surface area contributed by atoms with Crippen molar-refractivity contribution in [2.24, 2.45) is 5.41 Å². The van der Waals surface area contributed by atoms with Crippen LogP contribution in [0.2, 0.25) is 0 Å². The summed E-state index contributed by atoms with van der Waals surface area (Å²) in [5, 5.41) is 4.52. The molecule has 0 amide bonds. The minimum Gasteiger partial charge on any atom is -0.458 e. The van der Waals surface area contributed by atoms with Gasteiger partial charge in [-0.3, -0.25) is 0 Å². The summed E-state index contributed by atoms with van der Waals surface area (Å²) in [6, 6.07) is 8.56. The predicted molar refractivity (Wildman–Crippen MR) is 84.4 cm³/mol. The zero-order valence-corrected chi connectivity index (χ0v) is 13.7. The van der Waals surface area contributed by atoms with Gasteiger partial charge in [-0.05, 0) is 53.4 Å². The Morgan fingerprint density at radius 2 is 2.05 bits per heavy atom. The lowest BCUT2D eigenvalue weighted by Crippen LogP contribution is -2.18. The third-order valence-corrected chi connectivity index (χ3v) is 4.01. The van der Waals surface area contributed by atoms with Gasteiger partial charge >= 0.3 is 0 Å². The number of fused-ring (bicyclic) bond motifs is 1. The average Bonchev–Trinajstić information content (AvgIpc) is 2.73. The lowest BCUT2D eigenvalue weighted by molar-refractivity contribution is 0.321. The molecular formula is C16H22BrNO. The quantitative estimate of drug-likeness (QED) is 0.827. The number of hydrogen-bond acceptors (Lipinski definition) is 2. The van der Waals surface area contributed by atoms with E-state index in [2.05, 4.69) is 54.2 Å². The molecule has 3 heteroatoms. The molecule has 0 fully saturated rings. The van der Waals surface area contributed by atoms with E-state index in [1.54, 1.807) is 0 Å². The molecule has 0 aliphatic rings. The maximum atomic E-state index is 6.01. The van der Waals surface area contributed by atoms with Gasteiger partial charge in [-0.25, -0.2) is 0 Å². The van der Waals surface area contributed by atoms with Crippen LogP contribution >= 0.6 is 15.9 Å². The van der Waals surface area contributed by atoms with Crippen molar-refractivity contribution >= 4 is 26.9 Å². The van der Waals surface area contributed by atoms with Gasteiger partial charge in [0.05, 0.1) is 10.5 Å². The van der Waals surface area contributed by atoms with E-state index < -0.39 is 0 Å². The van der Waals surface area contributed by atoms with Crippen molar-refractivity contribution in [2.75, 3.05) is 7.05 Å². The third-order valence-electron chi connectivity index (χ3n) is 3.39. The number of rotatable bonds is 4. The molecule has 1 aromatic carbocycles. The van der Waals surface area contributed by atoms with E-state index in [-0.39, 0.29) is 6.04 Å². The van der Waals surface area contributed by atoms with Crippen LogP contribution in [0, 0.1) is 5.41 Å². The van der Waals surface area contributed by atoms with Crippen molar-refractivity contribution in [3.8, 4) is 0 Å². The lowest BCUT2D eigenvalue weighted by atomic mass is 9.88. The summed E-state index contributed by atoms with van der Waals surface area (Å²) in [6.07, 6.45) is 2.24. The van der Waals surface area contributed by atoms with Crippen LogP contribution in [0.5, 0.6) is 0 Å². The Labute approximate surface area is 123 Å². The maximum Gasteiger partial charge on any atom is 0.148 e. The van der Waals surface area contributed by atoms with Gasteiger partial charge < -0.3 is 9.73 Å². The van der Waals surface area contributed by atoms with Crippen molar-refractivity contribution in [1.29, 1.82) is 0 Å². The third kappa shape index (κ3) is 3.61. The molecule has 19 heavy (non-hydrogen) atoms. The average molecular weight is 324 g/mol. The number of halogens is 1. The van der Waals surface area contributed by atoms with E-state index in [1.807, 2.05) is 19.2 Å². The van der Waals surface area contributed by atoms with Gasteiger partial charge in [-0.15, -0.1) is 0 Å². The maximum absolute atomic E-state index is 6.01. The molecule has 2 rings (SSSR count). The molecule has 0 saturated heterocycles. The van der Waals surface area contributed by atoms with E-state index in [9.17, 15) is 0 Å². The number of nitrogens with one attached hydrogen (secondary N) is 1. The summed E-state index contributed by atoms with van der Waals surface area (Å²) in [6.45, 7) is 6.82. The highest BCUT2D eigenvalue weighted by Crippen LogP contribution is 2.33. The van der Waals surface area contributed by atoms with Gasteiger partial charge in [-0.2, -0.15) is 0 Å². The molecular weight excluding hydrogens is 302 g/mol. The molecule has 0 radical (unpaired) electrons. The first-order valence-corrected chi connectivity index (χ1v) is 7.55. The van der Waals surface area contributed by atoms with Crippen LogP contribution in [0.15, 0.2) is 33.2 Å². The Hall–Kier alpha value is -0.800. The Balaban J connectivity index is 2.23. The first kappa shape index (κ1) is 14.6. The molecule has 0 aliphatic heterocycles. The summed E-state index contributed by atoms with van der Waals surface area (Å²) in [4.78, 5) is 0. The second-order valence-electron chi connectivity index (χ2n) is 6.25. The van der Waals surface area contributed by atoms with Gasteiger partial charge in [0, 0.05) is 5.39 Å². The van der Waals surface area contributed by atoms with Crippen LogP contribution in [-0.2, 0) is 0 Å². The van der Waals surface area contributed by atoms with Crippen LogP contribution in [0.3, 0.4) is 0 Å². The zero-order valence-electron chi connectivity index (χ0n) is 12.1. The first-order valence-electron chi connectivity index (χ1n) is 6.76. The van der Waals surface area contributed by atoms with Crippen molar-refractivity contribution in [2.45, 2.75) is 39.7 Å². The molecule has 104 valence electrons. The van der Waals surface area contributed by atoms with Gasteiger partial charge in [0.1, 0.15) is 11.3 Å². The van der Waals surface area contributed by atoms with Crippen LogP contribution in [0.1, 0.15) is 45.4 Å². The molecule has 0 bridgehead atoms. The standard InChI is InChI=1S/C16H22BrNO/c1-16(2,3)9-8-13(18-4)14-10-11-6-5-7-12(17)15(11)19-14/h5-7,10,13,18H,8-9H2,1-4H3. The van der Waals surface area contributed by atoms with Crippen LogP contribution < -0.4 is 5.32 Å². The van der Waals surface area contributed by atoms with E-state index in [1.165, 1.54) is 0 Å². The van der Waals surface area contributed by atoms with Crippen molar-refractivity contribution < 1.29 is 4.42 Å². The number of hydrogen-bond donors (Lipinski definition) is 1. The Kier molecular flexibility index (Phi) is 4.36. The minimum absolute atomic E-state index is 0.276. The second kappa shape index (κ2) is 5.68. The van der Waals surface area contributed by atoms with Crippen molar-refractivity contribution in [3.05, 3.63) is 34.5 Å². The highest BCUT2D eigenvalue weighted by molar-refractivity contribution is 9.10. The molecule has 2 nitrogen and oxygen atoms in total. The largest absolute Gasteiger partial charge is 0.458 e. The first-order chi connectivity index (χ1) is 8.90. The van der Waals surface area contributed by atoms with Gasteiger partial charge in [0.2, 0.25) is 0 Å². The summed E-state index contributed by atoms with van der Waals surface area (Å²) in [5.74, 6) is 1.02. The summed E-state index contributed by atoms with van der Waals surface area (Å²) in [7, 11) is 2.00.